The molecule has 3 nitrogen and oxygen atoms in total. The van der Waals surface area contributed by atoms with Gasteiger partial charge in [-0.3, -0.25) is 4.79 Å². The van der Waals surface area contributed by atoms with E-state index in [0.717, 1.165) is 14.7 Å². The molecular formula is C15H15IN2O. The van der Waals surface area contributed by atoms with Gasteiger partial charge in [0.15, 0.2) is 0 Å². The average Bonchev–Trinajstić information content (AvgIpc) is 2.39. The topological polar surface area (TPSA) is 55.1 Å². The maximum Gasteiger partial charge on any atom is 0.256 e. The minimum atomic E-state index is -0.134. The van der Waals surface area contributed by atoms with Gasteiger partial charge in [0.2, 0.25) is 0 Å². The van der Waals surface area contributed by atoms with Crippen LogP contribution >= 0.6 is 22.6 Å². The fourth-order valence-corrected chi connectivity index (χ4v) is 2.46. The number of nitrogens with two attached hydrogens (primary N) is 1. The van der Waals surface area contributed by atoms with Gasteiger partial charge in [0, 0.05) is 3.57 Å². The lowest BCUT2D eigenvalue weighted by atomic mass is 10.1. The van der Waals surface area contributed by atoms with Crippen molar-refractivity contribution in [3.8, 4) is 0 Å². The molecule has 0 saturated carbocycles. The predicted molar refractivity (Wildman–Crippen MR) is 87.4 cm³/mol. The summed E-state index contributed by atoms with van der Waals surface area (Å²) in [7, 11) is 0. The second-order valence-electron chi connectivity index (χ2n) is 4.41. The number of nitrogen functional groups attached to an aromatic ring is 1. The molecule has 19 heavy (non-hydrogen) atoms. The van der Waals surface area contributed by atoms with Crippen LogP contribution in [0.4, 0.5) is 11.4 Å². The zero-order valence-electron chi connectivity index (χ0n) is 10.8. The summed E-state index contributed by atoms with van der Waals surface area (Å²) in [6.07, 6.45) is 0. The Morgan fingerprint density at radius 2 is 1.84 bits per heavy atom. The van der Waals surface area contributed by atoms with E-state index in [1.165, 1.54) is 0 Å². The zero-order chi connectivity index (χ0) is 14.0. The lowest BCUT2D eigenvalue weighted by molar-refractivity contribution is 0.102. The van der Waals surface area contributed by atoms with Gasteiger partial charge in [0.05, 0.1) is 16.9 Å². The van der Waals surface area contributed by atoms with Gasteiger partial charge >= 0.3 is 0 Å². The van der Waals surface area contributed by atoms with Crippen LogP contribution in [0.5, 0.6) is 0 Å². The molecule has 0 bridgehead atoms. The Kier molecular flexibility index (Phi) is 4.09. The zero-order valence-corrected chi connectivity index (χ0v) is 13.0. The first-order valence-electron chi connectivity index (χ1n) is 5.92. The molecule has 0 atom stereocenters. The third kappa shape index (κ3) is 2.89. The number of halogens is 1. The van der Waals surface area contributed by atoms with Crippen LogP contribution in [0.3, 0.4) is 0 Å². The molecule has 0 heterocycles. The highest BCUT2D eigenvalue weighted by atomic mass is 127. The van der Waals surface area contributed by atoms with Crippen molar-refractivity contribution in [2.24, 2.45) is 0 Å². The molecule has 0 aliphatic carbocycles. The number of hydrogen-bond donors (Lipinski definition) is 2. The van der Waals surface area contributed by atoms with E-state index in [9.17, 15) is 4.79 Å². The fourth-order valence-electron chi connectivity index (χ4n) is 1.83. The van der Waals surface area contributed by atoms with Crippen molar-refractivity contribution in [2.75, 3.05) is 11.1 Å². The molecule has 0 spiro atoms. The van der Waals surface area contributed by atoms with Crippen LogP contribution in [0.2, 0.25) is 0 Å². The van der Waals surface area contributed by atoms with E-state index >= 15 is 0 Å². The predicted octanol–water partition coefficient (Wildman–Crippen LogP) is 3.74. The fraction of sp³-hybridized carbons (Fsp3) is 0.133. The van der Waals surface area contributed by atoms with Gasteiger partial charge in [-0.05, 0) is 65.8 Å². The largest absolute Gasteiger partial charge is 0.397 e. The van der Waals surface area contributed by atoms with Crippen molar-refractivity contribution < 1.29 is 4.79 Å². The number of amides is 1. The van der Waals surface area contributed by atoms with Crippen LogP contribution in [0.25, 0.3) is 0 Å². The van der Waals surface area contributed by atoms with Gasteiger partial charge in [-0.25, -0.2) is 0 Å². The monoisotopic (exact) mass is 366 g/mol. The molecule has 0 fully saturated rings. The SMILES string of the molecule is Cc1ccc(N)c(NC(=O)c2ccccc2I)c1C. The number of anilines is 2. The number of aryl methyl sites for hydroxylation is 1. The third-order valence-electron chi connectivity index (χ3n) is 3.13. The molecule has 0 radical (unpaired) electrons. The molecule has 1 amide bonds. The Morgan fingerprint density at radius 3 is 2.53 bits per heavy atom. The molecule has 0 aliphatic heterocycles. The van der Waals surface area contributed by atoms with E-state index in [1.807, 2.05) is 44.2 Å². The Balaban J connectivity index is 2.35. The summed E-state index contributed by atoms with van der Waals surface area (Å²) in [6.45, 7) is 3.95. The first-order chi connectivity index (χ1) is 9.00. The maximum atomic E-state index is 12.3. The normalized spacial score (nSPS) is 10.3. The Bertz CT molecular complexity index is 638. The average molecular weight is 366 g/mol. The Morgan fingerprint density at radius 1 is 1.16 bits per heavy atom. The van der Waals surface area contributed by atoms with Crippen LogP contribution < -0.4 is 11.1 Å². The number of hydrogen-bond acceptors (Lipinski definition) is 2. The van der Waals surface area contributed by atoms with Crippen molar-refractivity contribution in [1.29, 1.82) is 0 Å². The number of nitrogens with one attached hydrogen (secondary N) is 1. The quantitative estimate of drug-likeness (QED) is 0.629. The van der Waals surface area contributed by atoms with E-state index in [1.54, 1.807) is 6.07 Å². The van der Waals surface area contributed by atoms with Crippen molar-refractivity contribution in [2.45, 2.75) is 13.8 Å². The molecule has 0 aliphatic rings. The second-order valence-corrected chi connectivity index (χ2v) is 5.57. The number of carbonyl (C=O) groups excluding carboxylic acids is 1. The summed E-state index contributed by atoms with van der Waals surface area (Å²) in [4.78, 5) is 12.3. The van der Waals surface area contributed by atoms with Gasteiger partial charge in [-0.1, -0.05) is 18.2 Å². The van der Waals surface area contributed by atoms with Crippen LogP contribution in [-0.2, 0) is 0 Å². The maximum absolute atomic E-state index is 12.3. The molecule has 98 valence electrons. The number of benzene rings is 2. The summed E-state index contributed by atoms with van der Waals surface area (Å²) >= 11 is 2.15. The minimum absolute atomic E-state index is 0.134. The standard InChI is InChI=1S/C15H15IN2O/c1-9-7-8-13(17)14(10(9)2)18-15(19)11-5-3-4-6-12(11)16/h3-8H,17H2,1-2H3,(H,18,19). The molecule has 2 rings (SSSR count). The molecule has 0 aromatic heterocycles. The number of rotatable bonds is 2. The van der Waals surface area contributed by atoms with Crippen LogP contribution in [0, 0.1) is 17.4 Å². The summed E-state index contributed by atoms with van der Waals surface area (Å²) in [5.41, 5.74) is 9.98. The first-order valence-corrected chi connectivity index (χ1v) is 7.00. The lowest BCUT2D eigenvalue weighted by Gasteiger charge is -2.13. The van der Waals surface area contributed by atoms with E-state index in [4.69, 9.17) is 5.73 Å². The van der Waals surface area contributed by atoms with Gasteiger partial charge in [-0.2, -0.15) is 0 Å². The van der Waals surface area contributed by atoms with Crippen LogP contribution in [-0.4, -0.2) is 5.91 Å². The Hall–Kier alpha value is -1.56. The molecule has 2 aromatic rings. The van der Waals surface area contributed by atoms with E-state index in [-0.39, 0.29) is 5.91 Å². The van der Waals surface area contributed by atoms with Gasteiger partial charge in [-0.15, -0.1) is 0 Å². The van der Waals surface area contributed by atoms with E-state index in [2.05, 4.69) is 27.9 Å². The van der Waals surface area contributed by atoms with Gasteiger partial charge < -0.3 is 11.1 Å². The van der Waals surface area contributed by atoms with Gasteiger partial charge in [0.25, 0.3) is 5.91 Å². The summed E-state index contributed by atoms with van der Waals surface area (Å²) in [5, 5.41) is 2.91. The van der Waals surface area contributed by atoms with Crippen molar-refractivity contribution >= 4 is 39.9 Å². The molecule has 2 aromatic carbocycles. The molecular weight excluding hydrogens is 351 g/mol. The van der Waals surface area contributed by atoms with Crippen LogP contribution in [0.1, 0.15) is 21.5 Å². The third-order valence-corrected chi connectivity index (χ3v) is 4.07. The summed E-state index contributed by atoms with van der Waals surface area (Å²) < 4.78 is 0.918. The minimum Gasteiger partial charge on any atom is -0.397 e. The second kappa shape index (κ2) is 5.61. The Labute approximate surface area is 126 Å². The molecule has 0 unspecified atom stereocenters. The van der Waals surface area contributed by atoms with Gasteiger partial charge in [0.1, 0.15) is 0 Å². The molecule has 0 saturated heterocycles. The smallest absolute Gasteiger partial charge is 0.256 e. The highest BCUT2D eigenvalue weighted by Crippen LogP contribution is 2.26. The van der Waals surface area contributed by atoms with Crippen molar-refractivity contribution in [1.82, 2.24) is 0 Å². The highest BCUT2D eigenvalue weighted by Gasteiger charge is 2.13. The first kappa shape index (κ1) is 13.9. The summed E-state index contributed by atoms with van der Waals surface area (Å²) in [5.74, 6) is -0.134. The van der Waals surface area contributed by atoms with Crippen molar-refractivity contribution in [3.05, 3.63) is 56.7 Å². The van der Waals surface area contributed by atoms with Crippen molar-refractivity contribution in [3.63, 3.8) is 0 Å². The summed E-state index contributed by atoms with van der Waals surface area (Å²) in [6, 6.07) is 11.2. The van der Waals surface area contributed by atoms with Crippen LogP contribution in [0.15, 0.2) is 36.4 Å². The highest BCUT2D eigenvalue weighted by molar-refractivity contribution is 14.1. The number of carbonyl (C=O) groups is 1. The van der Waals surface area contributed by atoms with E-state index in [0.29, 0.717) is 16.9 Å². The van der Waals surface area contributed by atoms with E-state index < -0.39 is 0 Å². The molecule has 3 N–H and O–H groups in total. The molecule has 4 heteroatoms. The lowest BCUT2D eigenvalue weighted by Crippen LogP contribution is -2.15.